The molecule has 134 valence electrons. The number of carboxylic acid groups (broad SMARTS) is 1. The third kappa shape index (κ3) is 7.41. The Morgan fingerprint density at radius 2 is 1.83 bits per heavy atom. The van der Waals surface area contributed by atoms with Crippen LogP contribution in [0.25, 0.3) is 0 Å². The van der Waals surface area contributed by atoms with Gasteiger partial charge in [-0.25, -0.2) is 9.18 Å². The van der Waals surface area contributed by atoms with Gasteiger partial charge in [-0.15, -0.1) is 0 Å². The fraction of sp³-hybridized carbons (Fsp3) is 0.529. The molecule has 0 saturated carbocycles. The maximum absolute atomic E-state index is 12.8. The first kappa shape index (κ1) is 19.9. The Morgan fingerprint density at radius 1 is 1.21 bits per heavy atom. The Balaban J connectivity index is 2.46. The van der Waals surface area contributed by atoms with Crippen LogP contribution in [0, 0.1) is 11.7 Å². The highest BCUT2D eigenvalue weighted by Gasteiger charge is 2.22. The molecule has 0 heterocycles. The van der Waals surface area contributed by atoms with E-state index in [2.05, 4.69) is 19.2 Å². The molecular weight excluding hydrogens is 317 g/mol. The number of rotatable bonds is 10. The summed E-state index contributed by atoms with van der Waals surface area (Å²) in [6.07, 6.45) is -1.12. The molecular formula is C17H24FNO5. The highest BCUT2D eigenvalue weighted by atomic mass is 19.1. The molecule has 2 atom stereocenters. The van der Waals surface area contributed by atoms with Crippen LogP contribution in [0.2, 0.25) is 0 Å². The number of hydrogen-bond acceptors (Lipinski definition) is 4. The predicted molar refractivity (Wildman–Crippen MR) is 86.3 cm³/mol. The molecule has 1 aromatic carbocycles. The Kier molecular flexibility index (Phi) is 8.18. The number of benzene rings is 1. The minimum Gasteiger partial charge on any atom is -0.478 e. The Hall–Kier alpha value is -2.15. The van der Waals surface area contributed by atoms with Crippen molar-refractivity contribution in [3.05, 3.63) is 30.1 Å². The lowest BCUT2D eigenvalue weighted by Gasteiger charge is -2.18. The van der Waals surface area contributed by atoms with Crippen molar-refractivity contribution < 1.29 is 28.6 Å². The van der Waals surface area contributed by atoms with E-state index in [1.165, 1.54) is 12.1 Å². The lowest BCUT2D eigenvalue weighted by atomic mass is 10.1. The number of carbonyl (C=O) groups excluding carboxylic acids is 1. The molecule has 1 aromatic rings. The smallest absolute Gasteiger partial charge is 0.346 e. The van der Waals surface area contributed by atoms with Crippen LogP contribution in [-0.4, -0.2) is 42.3 Å². The van der Waals surface area contributed by atoms with E-state index in [1.807, 2.05) is 0 Å². The summed E-state index contributed by atoms with van der Waals surface area (Å²) in [5.41, 5.74) is 0. The highest BCUT2D eigenvalue weighted by Crippen LogP contribution is 2.13. The van der Waals surface area contributed by atoms with Crippen molar-refractivity contribution in [3.8, 4) is 5.75 Å². The Labute approximate surface area is 141 Å². The molecule has 2 unspecified atom stereocenters. The van der Waals surface area contributed by atoms with Gasteiger partial charge in [-0.1, -0.05) is 13.8 Å². The second-order valence-corrected chi connectivity index (χ2v) is 5.84. The van der Waals surface area contributed by atoms with Crippen molar-refractivity contribution in [1.29, 1.82) is 0 Å². The van der Waals surface area contributed by atoms with Gasteiger partial charge < -0.3 is 19.9 Å². The number of halogens is 1. The molecule has 1 amide bonds. The van der Waals surface area contributed by atoms with Gasteiger partial charge in [0, 0.05) is 6.61 Å². The largest absolute Gasteiger partial charge is 0.478 e. The van der Waals surface area contributed by atoms with E-state index >= 15 is 0 Å². The van der Waals surface area contributed by atoms with Gasteiger partial charge in [0.25, 0.3) is 0 Å². The van der Waals surface area contributed by atoms with Gasteiger partial charge in [-0.05, 0) is 43.5 Å². The summed E-state index contributed by atoms with van der Waals surface area (Å²) in [7, 11) is 0. The number of carboxylic acids is 1. The standard InChI is InChI=1S/C17H24FNO5/c1-11(2)8-9-23-12(3)16(20)19-10-15(17(21)22)24-14-6-4-13(18)5-7-14/h4-7,11-12,15H,8-10H2,1-3H3,(H,19,20)(H,21,22). The van der Waals surface area contributed by atoms with Crippen LogP contribution in [0.3, 0.4) is 0 Å². The Morgan fingerprint density at radius 3 is 2.38 bits per heavy atom. The summed E-state index contributed by atoms with van der Waals surface area (Å²) in [5, 5.41) is 11.7. The third-order valence-corrected chi connectivity index (χ3v) is 3.26. The van der Waals surface area contributed by atoms with Crippen LogP contribution in [0.15, 0.2) is 24.3 Å². The number of ether oxygens (including phenoxy) is 2. The number of nitrogens with one attached hydrogen (secondary N) is 1. The van der Waals surface area contributed by atoms with E-state index in [0.717, 1.165) is 18.6 Å². The van der Waals surface area contributed by atoms with Crippen LogP contribution >= 0.6 is 0 Å². The van der Waals surface area contributed by atoms with E-state index < -0.39 is 29.9 Å². The van der Waals surface area contributed by atoms with E-state index in [9.17, 15) is 14.0 Å². The minimum atomic E-state index is -1.28. The first-order valence-corrected chi connectivity index (χ1v) is 7.84. The van der Waals surface area contributed by atoms with Gasteiger partial charge in [0.05, 0.1) is 6.54 Å². The predicted octanol–water partition coefficient (Wildman–Crippen LogP) is 2.23. The van der Waals surface area contributed by atoms with Gasteiger partial charge in [-0.3, -0.25) is 4.79 Å². The third-order valence-electron chi connectivity index (χ3n) is 3.26. The van der Waals surface area contributed by atoms with Crippen molar-refractivity contribution in [3.63, 3.8) is 0 Å². The van der Waals surface area contributed by atoms with Crippen molar-refractivity contribution in [2.45, 2.75) is 39.4 Å². The number of hydrogen-bond donors (Lipinski definition) is 2. The fourth-order valence-electron chi connectivity index (χ4n) is 1.75. The number of amides is 1. The van der Waals surface area contributed by atoms with Gasteiger partial charge >= 0.3 is 5.97 Å². The van der Waals surface area contributed by atoms with Crippen LogP contribution in [0.1, 0.15) is 27.2 Å². The normalized spacial score (nSPS) is 13.4. The summed E-state index contributed by atoms with van der Waals surface area (Å²) in [6.45, 7) is 5.95. The molecule has 0 radical (unpaired) electrons. The molecule has 6 nitrogen and oxygen atoms in total. The SMILES string of the molecule is CC(C)CCOC(C)C(=O)NCC(Oc1ccc(F)cc1)C(=O)O. The number of aliphatic carboxylic acids is 1. The van der Waals surface area contributed by atoms with Crippen molar-refractivity contribution in [2.75, 3.05) is 13.2 Å². The maximum Gasteiger partial charge on any atom is 0.346 e. The summed E-state index contributed by atoms with van der Waals surface area (Å²) in [6, 6.07) is 4.98. The molecule has 0 bridgehead atoms. The van der Waals surface area contributed by atoms with Crippen molar-refractivity contribution in [2.24, 2.45) is 5.92 Å². The second-order valence-electron chi connectivity index (χ2n) is 5.84. The number of carbonyl (C=O) groups is 2. The Bertz CT molecular complexity index is 532. The summed E-state index contributed by atoms with van der Waals surface area (Å²) >= 11 is 0. The monoisotopic (exact) mass is 341 g/mol. The topological polar surface area (TPSA) is 84.9 Å². The summed E-state index contributed by atoms with van der Waals surface area (Å²) in [5.74, 6) is -1.41. The molecule has 0 aromatic heterocycles. The first-order valence-electron chi connectivity index (χ1n) is 7.84. The zero-order valence-corrected chi connectivity index (χ0v) is 14.1. The molecule has 0 aliphatic heterocycles. The molecule has 0 saturated heterocycles. The molecule has 2 N–H and O–H groups in total. The summed E-state index contributed by atoms with van der Waals surface area (Å²) < 4.78 is 23.5. The van der Waals surface area contributed by atoms with Crippen molar-refractivity contribution >= 4 is 11.9 Å². The quantitative estimate of drug-likeness (QED) is 0.682. The van der Waals surface area contributed by atoms with Crippen LogP contribution in [-0.2, 0) is 14.3 Å². The first-order chi connectivity index (χ1) is 11.3. The molecule has 1 rings (SSSR count). The maximum atomic E-state index is 12.8. The van der Waals surface area contributed by atoms with E-state index in [1.54, 1.807) is 6.92 Å². The van der Waals surface area contributed by atoms with Crippen molar-refractivity contribution in [1.82, 2.24) is 5.32 Å². The average Bonchev–Trinajstić information content (AvgIpc) is 2.52. The zero-order chi connectivity index (χ0) is 18.1. The van der Waals surface area contributed by atoms with Gasteiger partial charge in [0.1, 0.15) is 17.7 Å². The van der Waals surface area contributed by atoms with Crippen LogP contribution in [0.5, 0.6) is 5.75 Å². The lowest BCUT2D eigenvalue weighted by molar-refractivity contribution is -0.145. The lowest BCUT2D eigenvalue weighted by Crippen LogP contribution is -2.44. The highest BCUT2D eigenvalue weighted by molar-refractivity contribution is 5.81. The van der Waals surface area contributed by atoms with E-state index in [0.29, 0.717) is 12.5 Å². The van der Waals surface area contributed by atoms with Gasteiger partial charge in [-0.2, -0.15) is 0 Å². The van der Waals surface area contributed by atoms with Crippen LogP contribution in [0.4, 0.5) is 4.39 Å². The van der Waals surface area contributed by atoms with Gasteiger partial charge in [0.2, 0.25) is 12.0 Å². The molecule has 0 aliphatic carbocycles. The van der Waals surface area contributed by atoms with E-state index in [4.69, 9.17) is 14.6 Å². The van der Waals surface area contributed by atoms with Crippen LogP contribution < -0.4 is 10.1 Å². The summed E-state index contributed by atoms with van der Waals surface area (Å²) in [4.78, 5) is 23.1. The molecule has 0 fully saturated rings. The minimum absolute atomic E-state index is 0.208. The molecule has 0 aliphatic rings. The molecule has 0 spiro atoms. The van der Waals surface area contributed by atoms with Gasteiger partial charge in [0.15, 0.2) is 0 Å². The zero-order valence-electron chi connectivity index (χ0n) is 14.1. The fourth-order valence-corrected chi connectivity index (χ4v) is 1.75. The average molecular weight is 341 g/mol. The second kappa shape index (κ2) is 9.87. The van der Waals surface area contributed by atoms with E-state index in [-0.39, 0.29) is 12.3 Å². The molecule has 24 heavy (non-hydrogen) atoms. The molecule has 7 heteroatoms.